The van der Waals surface area contributed by atoms with Crippen LogP contribution in [0.5, 0.6) is 17.2 Å². The maximum atomic E-state index is 11.9. The van der Waals surface area contributed by atoms with Crippen LogP contribution in [0.25, 0.3) is 0 Å². The second-order valence-corrected chi connectivity index (χ2v) is 4.65. The minimum atomic E-state index is -0.621. The number of ether oxygens (including phenoxy) is 3. The smallest absolute Gasteiger partial charge is 0.342 e. The normalized spacial score (nSPS) is 10.1. The van der Waals surface area contributed by atoms with Crippen LogP contribution in [0, 0.1) is 6.92 Å². The zero-order chi connectivity index (χ0) is 15.9. The zero-order valence-corrected chi connectivity index (χ0v) is 12.5. The van der Waals surface area contributed by atoms with Crippen molar-refractivity contribution in [1.82, 2.24) is 0 Å². The van der Waals surface area contributed by atoms with E-state index < -0.39 is 5.97 Å². The molecule has 0 unspecified atom stereocenters. The molecule has 0 saturated heterocycles. The summed E-state index contributed by atoms with van der Waals surface area (Å²) < 4.78 is 15.5. The molecule has 0 saturated carbocycles. The molecule has 0 fully saturated rings. The molecule has 0 amide bonds. The molecule has 116 valence electrons. The van der Waals surface area contributed by atoms with Crippen molar-refractivity contribution in [3.05, 3.63) is 53.6 Å². The van der Waals surface area contributed by atoms with Gasteiger partial charge in [-0.05, 0) is 31.2 Å². The lowest BCUT2D eigenvalue weighted by atomic mass is 10.2. The van der Waals surface area contributed by atoms with Crippen molar-refractivity contribution in [2.24, 2.45) is 0 Å². The predicted octanol–water partition coefficient (Wildman–Crippen LogP) is 2.95. The molecular formula is C17H18O5. The van der Waals surface area contributed by atoms with Crippen molar-refractivity contribution in [3.8, 4) is 17.2 Å². The van der Waals surface area contributed by atoms with Gasteiger partial charge in [-0.3, -0.25) is 0 Å². The molecule has 0 radical (unpaired) electrons. The van der Waals surface area contributed by atoms with Gasteiger partial charge in [-0.15, -0.1) is 0 Å². The summed E-state index contributed by atoms with van der Waals surface area (Å²) in [5.74, 6) is 0.0922. The molecule has 0 aliphatic heterocycles. The Morgan fingerprint density at radius 3 is 2.50 bits per heavy atom. The van der Waals surface area contributed by atoms with Gasteiger partial charge in [0.15, 0.2) is 11.5 Å². The van der Waals surface area contributed by atoms with Crippen LogP contribution in [0.3, 0.4) is 0 Å². The van der Waals surface area contributed by atoms with Gasteiger partial charge in [0.2, 0.25) is 0 Å². The largest absolute Gasteiger partial charge is 0.504 e. The maximum Gasteiger partial charge on any atom is 0.342 e. The van der Waals surface area contributed by atoms with Gasteiger partial charge < -0.3 is 19.3 Å². The fourth-order valence-corrected chi connectivity index (χ4v) is 1.86. The highest BCUT2D eigenvalue weighted by Gasteiger charge is 2.15. The molecule has 0 bridgehead atoms. The van der Waals surface area contributed by atoms with Crippen LogP contribution in [0.4, 0.5) is 0 Å². The molecular weight excluding hydrogens is 284 g/mol. The van der Waals surface area contributed by atoms with E-state index in [1.54, 1.807) is 12.1 Å². The number of carbonyl (C=O) groups is 1. The third kappa shape index (κ3) is 3.91. The molecule has 0 aromatic heterocycles. The minimum Gasteiger partial charge on any atom is -0.504 e. The van der Waals surface area contributed by atoms with Gasteiger partial charge in [-0.1, -0.05) is 23.8 Å². The summed E-state index contributed by atoms with van der Waals surface area (Å²) in [5, 5.41) is 9.86. The summed E-state index contributed by atoms with van der Waals surface area (Å²) in [5.41, 5.74) is 1.21. The first-order valence-electron chi connectivity index (χ1n) is 6.84. The Morgan fingerprint density at radius 1 is 1.09 bits per heavy atom. The average Bonchev–Trinajstić information content (AvgIpc) is 2.53. The predicted molar refractivity (Wildman–Crippen MR) is 81.6 cm³/mol. The fourth-order valence-electron chi connectivity index (χ4n) is 1.86. The Bertz CT molecular complexity index is 634. The lowest BCUT2D eigenvalue weighted by Crippen LogP contribution is -2.12. The van der Waals surface area contributed by atoms with Crippen LogP contribution in [0.15, 0.2) is 42.5 Å². The second kappa shape index (κ2) is 7.36. The average molecular weight is 302 g/mol. The lowest BCUT2D eigenvalue weighted by Gasteiger charge is -2.10. The van der Waals surface area contributed by atoms with E-state index in [1.165, 1.54) is 13.2 Å². The number of phenols is 1. The Morgan fingerprint density at radius 2 is 1.82 bits per heavy atom. The molecule has 2 aromatic rings. The molecule has 2 rings (SSSR count). The van der Waals surface area contributed by atoms with Gasteiger partial charge in [0.05, 0.1) is 7.11 Å². The number of hydrogen-bond donors (Lipinski definition) is 1. The van der Waals surface area contributed by atoms with E-state index in [1.807, 2.05) is 31.2 Å². The van der Waals surface area contributed by atoms with Crippen molar-refractivity contribution in [1.29, 1.82) is 0 Å². The molecule has 0 aliphatic rings. The van der Waals surface area contributed by atoms with Gasteiger partial charge in [0.25, 0.3) is 0 Å². The number of benzene rings is 2. The zero-order valence-electron chi connectivity index (χ0n) is 12.5. The lowest BCUT2D eigenvalue weighted by molar-refractivity contribution is 0.0446. The number of rotatable bonds is 6. The third-order valence-corrected chi connectivity index (χ3v) is 3.05. The fraction of sp³-hybridized carbons (Fsp3) is 0.235. The van der Waals surface area contributed by atoms with Crippen LogP contribution >= 0.6 is 0 Å². The van der Waals surface area contributed by atoms with Crippen molar-refractivity contribution >= 4 is 5.97 Å². The highest BCUT2D eigenvalue weighted by atomic mass is 16.6. The highest BCUT2D eigenvalue weighted by Crippen LogP contribution is 2.29. The molecule has 2 aromatic carbocycles. The summed E-state index contributed by atoms with van der Waals surface area (Å²) in [7, 11) is 1.42. The Hall–Kier alpha value is -2.69. The van der Waals surface area contributed by atoms with E-state index in [-0.39, 0.29) is 30.3 Å². The van der Waals surface area contributed by atoms with Crippen LogP contribution < -0.4 is 9.47 Å². The second-order valence-electron chi connectivity index (χ2n) is 4.65. The van der Waals surface area contributed by atoms with Crippen LogP contribution in [-0.2, 0) is 4.74 Å². The topological polar surface area (TPSA) is 65.0 Å². The number of esters is 1. The molecule has 0 spiro atoms. The molecule has 5 nitrogen and oxygen atoms in total. The summed E-state index contributed by atoms with van der Waals surface area (Å²) in [6.45, 7) is 2.31. The minimum absolute atomic E-state index is 0.0645. The monoisotopic (exact) mass is 302 g/mol. The standard InChI is InChI=1S/C17H18O5/c1-12-6-8-13(9-7-12)21-10-11-22-17(19)14-4-3-5-15(20-2)16(14)18/h3-9,18H,10-11H2,1-2H3. The van der Waals surface area contributed by atoms with Crippen LogP contribution in [0.2, 0.25) is 0 Å². The number of carbonyl (C=O) groups excluding carboxylic acids is 1. The van der Waals surface area contributed by atoms with E-state index in [4.69, 9.17) is 14.2 Å². The number of aryl methyl sites for hydroxylation is 1. The van der Waals surface area contributed by atoms with E-state index in [0.717, 1.165) is 5.56 Å². The number of para-hydroxylation sites is 1. The first-order valence-corrected chi connectivity index (χ1v) is 6.84. The summed E-state index contributed by atoms with van der Waals surface area (Å²) in [6, 6.07) is 12.2. The van der Waals surface area contributed by atoms with E-state index in [2.05, 4.69) is 0 Å². The Kier molecular flexibility index (Phi) is 5.25. The number of phenolic OH excluding ortho intramolecular Hbond substituents is 1. The molecule has 0 heterocycles. The van der Waals surface area contributed by atoms with Crippen molar-refractivity contribution in [2.45, 2.75) is 6.92 Å². The van der Waals surface area contributed by atoms with E-state index >= 15 is 0 Å². The highest BCUT2D eigenvalue weighted by molar-refractivity contribution is 5.93. The van der Waals surface area contributed by atoms with E-state index in [0.29, 0.717) is 5.75 Å². The van der Waals surface area contributed by atoms with Gasteiger partial charge >= 0.3 is 5.97 Å². The number of hydrogen-bond acceptors (Lipinski definition) is 5. The number of aromatic hydroxyl groups is 1. The molecule has 22 heavy (non-hydrogen) atoms. The van der Waals surface area contributed by atoms with Gasteiger partial charge in [-0.25, -0.2) is 4.79 Å². The Balaban J connectivity index is 1.84. The number of methoxy groups -OCH3 is 1. The molecule has 5 heteroatoms. The first-order chi connectivity index (χ1) is 10.6. The SMILES string of the molecule is COc1cccc(C(=O)OCCOc2ccc(C)cc2)c1O. The van der Waals surface area contributed by atoms with Gasteiger partial charge in [0.1, 0.15) is 24.5 Å². The van der Waals surface area contributed by atoms with Crippen molar-refractivity contribution < 1.29 is 24.1 Å². The Labute approximate surface area is 129 Å². The summed E-state index contributed by atoms with van der Waals surface area (Å²) in [4.78, 5) is 11.9. The quantitative estimate of drug-likeness (QED) is 0.656. The molecule has 0 atom stereocenters. The first kappa shape index (κ1) is 15.7. The maximum absolute atomic E-state index is 11.9. The van der Waals surface area contributed by atoms with Crippen molar-refractivity contribution in [3.63, 3.8) is 0 Å². The third-order valence-electron chi connectivity index (χ3n) is 3.05. The van der Waals surface area contributed by atoms with Gasteiger partial charge in [0, 0.05) is 0 Å². The van der Waals surface area contributed by atoms with Gasteiger partial charge in [-0.2, -0.15) is 0 Å². The van der Waals surface area contributed by atoms with Crippen molar-refractivity contribution in [2.75, 3.05) is 20.3 Å². The summed E-state index contributed by atoms with van der Waals surface area (Å²) >= 11 is 0. The molecule has 0 aliphatic carbocycles. The summed E-state index contributed by atoms with van der Waals surface area (Å²) in [6.07, 6.45) is 0. The van der Waals surface area contributed by atoms with E-state index in [9.17, 15) is 9.90 Å². The van der Waals surface area contributed by atoms with Crippen LogP contribution in [-0.4, -0.2) is 31.4 Å². The molecule has 1 N–H and O–H groups in total. The van der Waals surface area contributed by atoms with Crippen LogP contribution in [0.1, 0.15) is 15.9 Å².